The molecule has 0 aliphatic carbocycles. The Bertz CT molecular complexity index is 56.4. The van der Waals surface area contributed by atoms with Crippen LogP contribution in [-0.4, -0.2) is 19.1 Å². The van der Waals surface area contributed by atoms with Crippen molar-refractivity contribution in [3.05, 3.63) is 6.92 Å². The summed E-state index contributed by atoms with van der Waals surface area (Å²) in [4.78, 5) is 0. The maximum atomic E-state index is 11.5. The Morgan fingerprint density at radius 1 is 1.62 bits per heavy atom. The van der Waals surface area contributed by atoms with Gasteiger partial charge in [0.15, 0.2) is 0 Å². The van der Waals surface area contributed by atoms with Gasteiger partial charge in [-0.3, -0.25) is 0 Å². The number of halogens is 2. The summed E-state index contributed by atoms with van der Waals surface area (Å²) in [5.41, 5.74) is 0. The van der Waals surface area contributed by atoms with Gasteiger partial charge in [0, 0.05) is 6.61 Å². The van der Waals surface area contributed by atoms with Gasteiger partial charge in [-0.25, -0.2) is 8.78 Å². The van der Waals surface area contributed by atoms with E-state index in [0.29, 0.717) is 0 Å². The van der Waals surface area contributed by atoms with Crippen molar-refractivity contribution in [2.24, 2.45) is 0 Å². The Hall–Kier alpha value is -0.180. The molecule has 8 heavy (non-hydrogen) atoms. The molecule has 0 rings (SSSR count). The summed E-state index contributed by atoms with van der Waals surface area (Å²) in [5.74, 6) is 0. The lowest BCUT2D eigenvalue weighted by Gasteiger charge is -2.08. The molecule has 0 saturated carbocycles. The lowest BCUT2D eigenvalue weighted by Crippen LogP contribution is -2.17. The van der Waals surface area contributed by atoms with Crippen LogP contribution in [0.15, 0.2) is 0 Å². The van der Waals surface area contributed by atoms with Crippen LogP contribution in [0.3, 0.4) is 0 Å². The van der Waals surface area contributed by atoms with Crippen LogP contribution < -0.4 is 0 Å². The third kappa shape index (κ3) is 2.91. The van der Waals surface area contributed by atoms with E-state index >= 15 is 0 Å². The lowest BCUT2D eigenvalue weighted by molar-refractivity contribution is -0.0352. The van der Waals surface area contributed by atoms with Gasteiger partial charge in [0.25, 0.3) is 6.43 Å². The lowest BCUT2D eigenvalue weighted by atomic mass is 10.4. The van der Waals surface area contributed by atoms with Gasteiger partial charge in [-0.1, -0.05) is 0 Å². The van der Waals surface area contributed by atoms with Crippen LogP contribution in [-0.2, 0) is 4.74 Å². The second-order valence-electron chi connectivity index (χ2n) is 1.41. The number of alkyl halides is 2. The first-order valence-corrected chi connectivity index (χ1v) is 2.37. The van der Waals surface area contributed by atoms with Crippen LogP contribution in [0.4, 0.5) is 8.78 Å². The maximum absolute atomic E-state index is 11.5. The van der Waals surface area contributed by atoms with E-state index in [1.807, 2.05) is 0 Å². The van der Waals surface area contributed by atoms with Gasteiger partial charge < -0.3 is 4.74 Å². The summed E-state index contributed by atoms with van der Waals surface area (Å²) in [6.07, 6.45) is -3.37. The molecule has 0 aromatic carbocycles. The van der Waals surface area contributed by atoms with Crippen molar-refractivity contribution in [1.82, 2.24) is 0 Å². The van der Waals surface area contributed by atoms with E-state index in [1.165, 1.54) is 6.92 Å². The SMILES string of the molecule is [CH2]COC(C)C(F)F. The molecule has 0 fully saturated rings. The third-order valence-corrected chi connectivity index (χ3v) is 0.736. The molecule has 1 radical (unpaired) electrons. The minimum Gasteiger partial charge on any atom is -0.373 e. The van der Waals surface area contributed by atoms with Crippen molar-refractivity contribution in [2.75, 3.05) is 6.61 Å². The molecular formula is C5H9F2O. The predicted octanol–water partition coefficient (Wildman–Crippen LogP) is 1.49. The van der Waals surface area contributed by atoms with Gasteiger partial charge in [0.2, 0.25) is 0 Å². The van der Waals surface area contributed by atoms with Gasteiger partial charge in [0.1, 0.15) is 6.10 Å². The molecule has 1 atom stereocenters. The van der Waals surface area contributed by atoms with Crippen LogP contribution in [0.1, 0.15) is 6.92 Å². The zero-order valence-electron chi connectivity index (χ0n) is 4.73. The highest BCUT2D eigenvalue weighted by Crippen LogP contribution is 2.02. The van der Waals surface area contributed by atoms with Gasteiger partial charge in [0.05, 0.1) is 0 Å². The molecule has 0 spiro atoms. The van der Waals surface area contributed by atoms with Crippen LogP contribution >= 0.6 is 0 Å². The fourth-order valence-electron chi connectivity index (χ4n) is 0.259. The highest BCUT2D eigenvalue weighted by atomic mass is 19.3. The highest BCUT2D eigenvalue weighted by molar-refractivity contribution is 4.50. The molecule has 1 unspecified atom stereocenters. The Morgan fingerprint density at radius 2 is 2.12 bits per heavy atom. The fraction of sp³-hybridized carbons (Fsp3) is 0.800. The number of hydrogen-bond acceptors (Lipinski definition) is 1. The molecule has 0 N–H and O–H groups in total. The van der Waals surface area contributed by atoms with E-state index in [0.717, 1.165) is 0 Å². The van der Waals surface area contributed by atoms with E-state index in [9.17, 15) is 8.78 Å². The molecule has 1 nitrogen and oxygen atoms in total. The van der Waals surface area contributed by atoms with Gasteiger partial charge in [-0.05, 0) is 13.8 Å². The van der Waals surface area contributed by atoms with E-state index < -0.39 is 12.5 Å². The fourth-order valence-corrected chi connectivity index (χ4v) is 0.259. The zero-order chi connectivity index (χ0) is 6.57. The van der Waals surface area contributed by atoms with Crippen molar-refractivity contribution in [3.8, 4) is 0 Å². The van der Waals surface area contributed by atoms with Gasteiger partial charge in [-0.2, -0.15) is 0 Å². The summed E-state index contributed by atoms with van der Waals surface area (Å²) in [5, 5.41) is 0. The standard InChI is InChI=1S/C5H9F2O/c1-3-8-4(2)5(6)7/h4-5H,1,3H2,2H3. The van der Waals surface area contributed by atoms with Crippen LogP contribution in [0.2, 0.25) is 0 Å². The van der Waals surface area contributed by atoms with Gasteiger partial charge in [-0.15, -0.1) is 0 Å². The normalized spacial score (nSPS) is 14.6. The van der Waals surface area contributed by atoms with E-state index in [2.05, 4.69) is 11.7 Å². The molecule has 0 aliphatic rings. The van der Waals surface area contributed by atoms with Gasteiger partial charge >= 0.3 is 0 Å². The van der Waals surface area contributed by atoms with Crippen molar-refractivity contribution < 1.29 is 13.5 Å². The van der Waals surface area contributed by atoms with Crippen LogP contribution in [0.25, 0.3) is 0 Å². The van der Waals surface area contributed by atoms with Crippen molar-refractivity contribution >= 4 is 0 Å². The number of rotatable bonds is 3. The Labute approximate surface area is 47.6 Å². The zero-order valence-corrected chi connectivity index (χ0v) is 4.73. The Morgan fingerprint density at radius 3 is 2.25 bits per heavy atom. The van der Waals surface area contributed by atoms with Crippen molar-refractivity contribution in [1.29, 1.82) is 0 Å². The third-order valence-electron chi connectivity index (χ3n) is 0.736. The second kappa shape index (κ2) is 3.78. The van der Waals surface area contributed by atoms with Crippen molar-refractivity contribution in [2.45, 2.75) is 19.5 Å². The molecule has 0 bridgehead atoms. The van der Waals surface area contributed by atoms with E-state index in [-0.39, 0.29) is 6.61 Å². The summed E-state index contributed by atoms with van der Waals surface area (Å²) in [6.45, 7) is 4.67. The number of hydrogen-bond donors (Lipinski definition) is 0. The first kappa shape index (κ1) is 7.82. The highest BCUT2D eigenvalue weighted by Gasteiger charge is 2.12. The second-order valence-corrected chi connectivity index (χ2v) is 1.41. The molecule has 0 aromatic heterocycles. The van der Waals surface area contributed by atoms with Crippen LogP contribution in [0.5, 0.6) is 0 Å². The molecule has 0 heterocycles. The predicted molar refractivity (Wildman–Crippen MR) is 26.8 cm³/mol. The molecule has 49 valence electrons. The summed E-state index contributed by atoms with van der Waals surface area (Å²) in [6, 6.07) is 0. The summed E-state index contributed by atoms with van der Waals surface area (Å²) < 4.78 is 27.4. The molecule has 0 saturated heterocycles. The minimum absolute atomic E-state index is 0.103. The topological polar surface area (TPSA) is 9.23 Å². The average molecular weight is 123 g/mol. The molecule has 0 aliphatic heterocycles. The largest absolute Gasteiger partial charge is 0.373 e. The van der Waals surface area contributed by atoms with E-state index in [1.54, 1.807) is 0 Å². The summed E-state index contributed by atoms with van der Waals surface area (Å²) in [7, 11) is 0. The quantitative estimate of drug-likeness (QED) is 0.552. The molecule has 0 aromatic rings. The average Bonchev–Trinajstić information content (AvgIpc) is 1.67. The van der Waals surface area contributed by atoms with Crippen LogP contribution in [0, 0.1) is 6.92 Å². The monoisotopic (exact) mass is 123 g/mol. The Balaban J connectivity index is 3.17. The minimum atomic E-state index is -2.39. The number of ether oxygens (including phenoxy) is 1. The Kier molecular flexibility index (Phi) is 3.69. The van der Waals surface area contributed by atoms with Crippen molar-refractivity contribution in [3.63, 3.8) is 0 Å². The first-order chi connectivity index (χ1) is 3.68. The molecular weight excluding hydrogens is 114 g/mol. The maximum Gasteiger partial charge on any atom is 0.264 e. The molecule has 0 amide bonds. The smallest absolute Gasteiger partial charge is 0.264 e. The summed E-state index contributed by atoms with van der Waals surface area (Å²) >= 11 is 0. The molecule has 3 heteroatoms. The van der Waals surface area contributed by atoms with E-state index in [4.69, 9.17) is 0 Å². The first-order valence-electron chi connectivity index (χ1n) is 2.37.